The van der Waals surface area contributed by atoms with E-state index in [1.165, 1.54) is 47.5 Å². The predicted octanol–water partition coefficient (Wildman–Crippen LogP) is 6.14. The summed E-state index contributed by atoms with van der Waals surface area (Å²) in [6.45, 7) is 0. The number of carbonyl (C=O) groups is 3. The molecule has 1 saturated heterocycles. The number of likely N-dealkylation sites (N-methyl/N-ethyl adjacent to an activating group) is 1. The van der Waals surface area contributed by atoms with Crippen LogP contribution < -0.4 is 5.32 Å². The van der Waals surface area contributed by atoms with Gasteiger partial charge in [0.15, 0.2) is 5.78 Å². The zero-order valence-corrected chi connectivity index (χ0v) is 22.0. The number of rotatable bonds is 6. The van der Waals surface area contributed by atoms with Crippen molar-refractivity contribution in [3.05, 3.63) is 129 Å². The minimum atomic E-state index is -1.02. The Morgan fingerprint density at radius 3 is 2.16 bits per heavy atom. The lowest BCUT2D eigenvalue weighted by Crippen LogP contribution is -2.47. The van der Waals surface area contributed by atoms with Gasteiger partial charge in [-0.3, -0.25) is 14.4 Å². The van der Waals surface area contributed by atoms with Crippen LogP contribution in [0.3, 0.4) is 0 Å². The predicted molar refractivity (Wildman–Crippen MR) is 146 cm³/mol. The highest BCUT2D eigenvalue weighted by Crippen LogP contribution is 2.52. The first-order chi connectivity index (χ1) is 18.4. The average Bonchev–Trinajstić information content (AvgIpc) is 3.60. The number of Topliss-reactive ketones (excluding diaryl/α,β-unsaturated/α-hetero) is 1. The van der Waals surface area contributed by atoms with Gasteiger partial charge in [0.25, 0.3) is 5.91 Å². The number of carbonyl (C=O) groups excluding carboxylic acids is 3. The fourth-order valence-corrected chi connectivity index (χ4v) is 6.16. The molecule has 4 unspecified atom stereocenters. The number of likely N-dealkylation sites (tertiary alicyclic amines) is 1. The number of amides is 2. The van der Waals surface area contributed by atoms with E-state index in [1.54, 1.807) is 36.4 Å². The molecule has 5 nitrogen and oxygen atoms in total. The third-order valence-corrected chi connectivity index (χ3v) is 8.11. The molecule has 0 aliphatic carbocycles. The standard InChI is InChI=1S/C30H24ClFN2O3S/c1-33-29(36)27-24(18-9-13-21(31)14-10-18)25(28(35)23-8-5-17-38-23)26(19-6-3-2-4-7-19)34(27)30(37)20-11-15-22(32)16-12-20/h2-17,24-27H,1H3,(H,33,36). The molecule has 3 aromatic carbocycles. The van der Waals surface area contributed by atoms with Crippen molar-refractivity contribution in [3.63, 3.8) is 0 Å². The van der Waals surface area contributed by atoms with Crippen LogP contribution in [0.2, 0.25) is 5.02 Å². The molecule has 38 heavy (non-hydrogen) atoms. The van der Waals surface area contributed by atoms with Gasteiger partial charge < -0.3 is 10.2 Å². The van der Waals surface area contributed by atoms with E-state index in [4.69, 9.17) is 11.6 Å². The summed E-state index contributed by atoms with van der Waals surface area (Å²) in [5.74, 6) is -2.94. The van der Waals surface area contributed by atoms with Crippen LogP contribution in [0, 0.1) is 11.7 Å². The number of hydrogen-bond acceptors (Lipinski definition) is 4. The lowest BCUT2D eigenvalue weighted by atomic mass is 9.77. The Balaban J connectivity index is 1.77. The van der Waals surface area contributed by atoms with Crippen molar-refractivity contribution in [1.29, 1.82) is 0 Å². The van der Waals surface area contributed by atoms with E-state index in [1.807, 2.05) is 35.7 Å². The van der Waals surface area contributed by atoms with Crippen LogP contribution in [0.5, 0.6) is 0 Å². The van der Waals surface area contributed by atoms with Crippen molar-refractivity contribution >= 4 is 40.5 Å². The van der Waals surface area contributed by atoms with E-state index >= 15 is 0 Å². The Labute approximate surface area is 228 Å². The van der Waals surface area contributed by atoms with Crippen molar-refractivity contribution in [1.82, 2.24) is 10.2 Å². The van der Waals surface area contributed by atoms with Crippen LogP contribution in [-0.4, -0.2) is 35.6 Å². The summed E-state index contributed by atoms with van der Waals surface area (Å²) in [5, 5.41) is 5.05. The van der Waals surface area contributed by atoms with Gasteiger partial charge in [-0.25, -0.2) is 4.39 Å². The van der Waals surface area contributed by atoms with Gasteiger partial charge in [0.2, 0.25) is 5.91 Å². The molecule has 0 bridgehead atoms. The molecule has 0 spiro atoms. The van der Waals surface area contributed by atoms with E-state index in [0.717, 1.165) is 5.56 Å². The molecule has 5 rings (SSSR count). The molecule has 1 aliphatic rings. The van der Waals surface area contributed by atoms with E-state index in [-0.39, 0.29) is 11.3 Å². The number of nitrogens with zero attached hydrogens (tertiary/aromatic N) is 1. The van der Waals surface area contributed by atoms with Crippen LogP contribution in [0.15, 0.2) is 96.4 Å². The third-order valence-electron chi connectivity index (χ3n) is 6.97. The monoisotopic (exact) mass is 546 g/mol. The molecule has 8 heteroatoms. The van der Waals surface area contributed by atoms with Gasteiger partial charge in [-0.2, -0.15) is 0 Å². The van der Waals surface area contributed by atoms with E-state index < -0.39 is 41.6 Å². The largest absolute Gasteiger partial charge is 0.357 e. The fourth-order valence-electron chi connectivity index (χ4n) is 5.33. The van der Waals surface area contributed by atoms with Gasteiger partial charge in [-0.15, -0.1) is 11.3 Å². The highest BCUT2D eigenvalue weighted by molar-refractivity contribution is 7.12. The van der Waals surface area contributed by atoms with Gasteiger partial charge in [-0.1, -0.05) is 60.1 Å². The van der Waals surface area contributed by atoms with Crippen LogP contribution >= 0.6 is 22.9 Å². The normalized spacial score (nSPS) is 20.8. The first-order valence-electron chi connectivity index (χ1n) is 12.1. The topological polar surface area (TPSA) is 66.5 Å². The highest BCUT2D eigenvalue weighted by atomic mass is 35.5. The zero-order valence-electron chi connectivity index (χ0n) is 20.4. The maximum Gasteiger partial charge on any atom is 0.255 e. The van der Waals surface area contributed by atoms with Gasteiger partial charge >= 0.3 is 0 Å². The molecule has 1 aromatic heterocycles. The Hall–Kier alpha value is -3.81. The number of halogens is 2. The molecule has 1 N–H and O–H groups in total. The molecule has 1 aliphatic heterocycles. The van der Waals surface area contributed by atoms with Crippen LogP contribution in [0.4, 0.5) is 4.39 Å². The number of nitrogens with one attached hydrogen (secondary N) is 1. The lowest BCUT2D eigenvalue weighted by molar-refractivity contribution is -0.125. The zero-order chi connectivity index (χ0) is 26.8. The molecule has 4 aromatic rings. The molecule has 192 valence electrons. The quantitative estimate of drug-likeness (QED) is 0.296. The number of hydrogen-bond donors (Lipinski definition) is 1. The summed E-state index contributed by atoms with van der Waals surface area (Å²) in [4.78, 5) is 44.0. The van der Waals surface area contributed by atoms with Gasteiger partial charge in [-0.05, 0) is 59.0 Å². The maximum atomic E-state index is 14.2. The van der Waals surface area contributed by atoms with Gasteiger partial charge in [0.1, 0.15) is 11.9 Å². The second kappa shape index (κ2) is 10.9. The Bertz CT molecular complexity index is 1440. The van der Waals surface area contributed by atoms with Crippen LogP contribution in [-0.2, 0) is 4.79 Å². The smallest absolute Gasteiger partial charge is 0.255 e. The summed E-state index contributed by atoms with van der Waals surface area (Å²) in [5.41, 5.74) is 1.66. The Morgan fingerprint density at radius 2 is 1.55 bits per heavy atom. The summed E-state index contributed by atoms with van der Waals surface area (Å²) >= 11 is 7.50. The lowest BCUT2D eigenvalue weighted by Gasteiger charge is -2.31. The molecular formula is C30H24ClFN2O3S. The third kappa shape index (κ3) is 4.75. The Kier molecular flexibility index (Phi) is 7.40. The minimum Gasteiger partial charge on any atom is -0.357 e. The molecule has 0 radical (unpaired) electrons. The Morgan fingerprint density at radius 1 is 0.868 bits per heavy atom. The molecule has 4 atom stereocenters. The van der Waals surface area contributed by atoms with Crippen molar-refractivity contribution in [2.45, 2.75) is 18.0 Å². The molecule has 2 amide bonds. The van der Waals surface area contributed by atoms with E-state index in [0.29, 0.717) is 15.5 Å². The molecule has 0 saturated carbocycles. The van der Waals surface area contributed by atoms with Crippen molar-refractivity contribution in [3.8, 4) is 0 Å². The molecule has 1 fully saturated rings. The summed E-state index contributed by atoms with van der Waals surface area (Å²) in [6.07, 6.45) is 0. The number of thiophene rings is 1. The van der Waals surface area contributed by atoms with Crippen molar-refractivity contribution in [2.75, 3.05) is 7.05 Å². The van der Waals surface area contributed by atoms with Crippen molar-refractivity contribution < 1.29 is 18.8 Å². The SMILES string of the molecule is CNC(=O)C1C(c2ccc(Cl)cc2)C(C(=O)c2cccs2)C(c2ccccc2)N1C(=O)c1ccc(F)cc1. The molecular weight excluding hydrogens is 523 g/mol. The first-order valence-corrected chi connectivity index (χ1v) is 13.3. The number of benzene rings is 3. The first kappa shape index (κ1) is 25.8. The van der Waals surface area contributed by atoms with Gasteiger partial charge in [0, 0.05) is 23.6 Å². The summed E-state index contributed by atoms with van der Waals surface area (Å²) < 4.78 is 13.7. The van der Waals surface area contributed by atoms with E-state index in [9.17, 15) is 18.8 Å². The summed E-state index contributed by atoms with van der Waals surface area (Å²) in [7, 11) is 1.51. The fraction of sp³-hybridized carbons (Fsp3) is 0.167. The second-order valence-electron chi connectivity index (χ2n) is 9.08. The van der Waals surface area contributed by atoms with Crippen molar-refractivity contribution in [2.24, 2.45) is 5.92 Å². The summed E-state index contributed by atoms with van der Waals surface area (Å²) in [6, 6.07) is 23.3. The average molecular weight is 547 g/mol. The molecule has 2 heterocycles. The van der Waals surface area contributed by atoms with Gasteiger partial charge in [0.05, 0.1) is 16.8 Å². The van der Waals surface area contributed by atoms with Crippen LogP contribution in [0.1, 0.15) is 43.1 Å². The number of ketones is 1. The van der Waals surface area contributed by atoms with E-state index in [2.05, 4.69) is 5.32 Å². The second-order valence-corrected chi connectivity index (χ2v) is 10.5. The minimum absolute atomic E-state index is 0.155. The maximum absolute atomic E-state index is 14.2. The highest BCUT2D eigenvalue weighted by Gasteiger charge is 2.57. The van der Waals surface area contributed by atoms with Crippen LogP contribution in [0.25, 0.3) is 0 Å².